The summed E-state index contributed by atoms with van der Waals surface area (Å²) in [7, 11) is 0. The van der Waals surface area contributed by atoms with Crippen LogP contribution in [0.3, 0.4) is 0 Å². The maximum Gasteiger partial charge on any atom is 0.227 e. The van der Waals surface area contributed by atoms with Crippen LogP contribution in [-0.4, -0.2) is 41.6 Å². The number of piperidine rings is 1. The van der Waals surface area contributed by atoms with Crippen LogP contribution in [0.2, 0.25) is 0 Å². The lowest BCUT2D eigenvalue weighted by Gasteiger charge is -2.24. The van der Waals surface area contributed by atoms with E-state index in [1.807, 2.05) is 17.0 Å². The van der Waals surface area contributed by atoms with Crippen LogP contribution in [-0.2, 0) is 11.2 Å². The number of para-hydroxylation sites is 1. The van der Waals surface area contributed by atoms with Crippen LogP contribution in [0.1, 0.15) is 18.4 Å². The number of carbonyl (C=O) groups excluding carboxylic acids is 1. The van der Waals surface area contributed by atoms with Gasteiger partial charge in [-0.25, -0.2) is 0 Å². The molecule has 1 amide bonds. The van der Waals surface area contributed by atoms with Gasteiger partial charge in [-0.1, -0.05) is 18.2 Å². The van der Waals surface area contributed by atoms with Crippen LogP contribution in [0.15, 0.2) is 24.3 Å². The van der Waals surface area contributed by atoms with Crippen molar-refractivity contribution in [1.82, 2.24) is 10.2 Å². The Morgan fingerprint density at radius 3 is 3.00 bits per heavy atom. The Labute approximate surface area is 113 Å². The quantitative estimate of drug-likeness (QED) is 0.838. The SMILES string of the molecule is O=C(Cc1ccccc1O)N1CC2CCCNC2C1. The largest absolute Gasteiger partial charge is 0.508 e. The zero-order valence-electron chi connectivity index (χ0n) is 11.0. The van der Waals surface area contributed by atoms with Gasteiger partial charge in [0.15, 0.2) is 0 Å². The highest BCUT2D eigenvalue weighted by molar-refractivity contribution is 5.79. The number of phenolic OH excluding ortho intramolecular Hbond substituents is 1. The molecule has 2 aliphatic heterocycles. The fraction of sp³-hybridized carbons (Fsp3) is 0.533. The molecule has 0 spiro atoms. The van der Waals surface area contributed by atoms with Crippen LogP contribution < -0.4 is 5.32 Å². The van der Waals surface area contributed by atoms with E-state index in [2.05, 4.69) is 5.32 Å². The van der Waals surface area contributed by atoms with Crippen molar-refractivity contribution in [1.29, 1.82) is 0 Å². The number of hydrogen-bond donors (Lipinski definition) is 2. The maximum absolute atomic E-state index is 12.3. The molecule has 2 N–H and O–H groups in total. The summed E-state index contributed by atoms with van der Waals surface area (Å²) >= 11 is 0. The van der Waals surface area contributed by atoms with Crippen molar-refractivity contribution < 1.29 is 9.90 Å². The molecule has 0 bridgehead atoms. The van der Waals surface area contributed by atoms with Crippen molar-refractivity contribution >= 4 is 5.91 Å². The standard InChI is InChI=1S/C15H20N2O2/c18-14-6-2-1-4-11(14)8-15(19)17-9-12-5-3-7-16-13(12)10-17/h1-2,4,6,12-13,16,18H,3,5,7-10H2. The van der Waals surface area contributed by atoms with E-state index in [9.17, 15) is 9.90 Å². The second-order valence-electron chi connectivity index (χ2n) is 5.57. The monoisotopic (exact) mass is 260 g/mol. The Kier molecular flexibility index (Phi) is 3.42. The fourth-order valence-electron chi connectivity index (χ4n) is 3.19. The van der Waals surface area contributed by atoms with Gasteiger partial charge in [-0.3, -0.25) is 4.79 Å². The molecule has 3 rings (SSSR count). The number of hydrogen-bond acceptors (Lipinski definition) is 3. The molecule has 0 aromatic heterocycles. The van der Waals surface area contributed by atoms with Crippen LogP contribution in [0.4, 0.5) is 0 Å². The number of nitrogens with one attached hydrogen (secondary N) is 1. The minimum atomic E-state index is 0.123. The Morgan fingerprint density at radius 1 is 1.37 bits per heavy atom. The van der Waals surface area contributed by atoms with E-state index in [1.165, 1.54) is 12.8 Å². The summed E-state index contributed by atoms with van der Waals surface area (Å²) in [6, 6.07) is 7.55. The number of nitrogens with zero attached hydrogens (tertiary/aromatic N) is 1. The molecule has 2 heterocycles. The zero-order valence-corrected chi connectivity index (χ0v) is 11.0. The third-order valence-corrected chi connectivity index (χ3v) is 4.29. The van der Waals surface area contributed by atoms with E-state index in [1.54, 1.807) is 12.1 Å². The third kappa shape index (κ3) is 2.59. The van der Waals surface area contributed by atoms with Gasteiger partial charge < -0.3 is 15.3 Å². The average molecular weight is 260 g/mol. The van der Waals surface area contributed by atoms with Crippen molar-refractivity contribution in [3.8, 4) is 5.75 Å². The molecule has 4 nitrogen and oxygen atoms in total. The molecule has 2 atom stereocenters. The van der Waals surface area contributed by atoms with E-state index in [-0.39, 0.29) is 11.7 Å². The average Bonchev–Trinajstić information content (AvgIpc) is 2.85. The molecule has 4 heteroatoms. The lowest BCUT2D eigenvalue weighted by Crippen LogP contribution is -2.41. The number of benzene rings is 1. The Bertz CT molecular complexity index is 461. The molecule has 0 radical (unpaired) electrons. The molecule has 2 aliphatic rings. The molecule has 0 aliphatic carbocycles. The smallest absolute Gasteiger partial charge is 0.227 e. The summed E-state index contributed by atoms with van der Waals surface area (Å²) < 4.78 is 0. The molecule has 1 aromatic rings. The Morgan fingerprint density at radius 2 is 2.21 bits per heavy atom. The fourth-order valence-corrected chi connectivity index (χ4v) is 3.19. The Balaban J connectivity index is 1.64. The van der Waals surface area contributed by atoms with Gasteiger partial charge in [0, 0.05) is 24.7 Å². The summed E-state index contributed by atoms with van der Waals surface area (Å²) in [5.41, 5.74) is 0.718. The van der Waals surface area contributed by atoms with Crippen molar-refractivity contribution in [2.45, 2.75) is 25.3 Å². The number of rotatable bonds is 2. The predicted molar refractivity (Wildman–Crippen MR) is 72.9 cm³/mol. The number of phenols is 1. The number of fused-ring (bicyclic) bond motifs is 1. The summed E-state index contributed by atoms with van der Waals surface area (Å²) in [6.45, 7) is 2.75. The van der Waals surface area contributed by atoms with Crippen molar-refractivity contribution in [2.24, 2.45) is 5.92 Å². The van der Waals surface area contributed by atoms with Crippen molar-refractivity contribution in [2.75, 3.05) is 19.6 Å². The second-order valence-corrected chi connectivity index (χ2v) is 5.57. The van der Waals surface area contributed by atoms with E-state index < -0.39 is 0 Å². The van der Waals surface area contributed by atoms with Gasteiger partial charge in [-0.15, -0.1) is 0 Å². The van der Waals surface area contributed by atoms with Gasteiger partial charge in [0.2, 0.25) is 5.91 Å². The molecule has 2 fully saturated rings. The highest BCUT2D eigenvalue weighted by Crippen LogP contribution is 2.26. The molecule has 102 valence electrons. The first-order valence-corrected chi connectivity index (χ1v) is 7.02. The van der Waals surface area contributed by atoms with Crippen molar-refractivity contribution in [3.63, 3.8) is 0 Å². The van der Waals surface area contributed by atoms with E-state index >= 15 is 0 Å². The topological polar surface area (TPSA) is 52.6 Å². The van der Waals surface area contributed by atoms with Crippen LogP contribution in [0.25, 0.3) is 0 Å². The summed E-state index contributed by atoms with van der Waals surface area (Å²) in [5.74, 6) is 0.949. The minimum absolute atomic E-state index is 0.123. The lowest BCUT2D eigenvalue weighted by atomic mass is 9.94. The first-order valence-electron chi connectivity index (χ1n) is 7.02. The first kappa shape index (κ1) is 12.5. The summed E-state index contributed by atoms with van der Waals surface area (Å²) in [4.78, 5) is 14.2. The summed E-state index contributed by atoms with van der Waals surface area (Å²) in [6.07, 6.45) is 2.73. The molecular formula is C15H20N2O2. The number of likely N-dealkylation sites (tertiary alicyclic amines) is 1. The number of amides is 1. The molecule has 2 unspecified atom stereocenters. The molecule has 1 aromatic carbocycles. The molecule has 2 saturated heterocycles. The lowest BCUT2D eigenvalue weighted by molar-refractivity contribution is -0.129. The van der Waals surface area contributed by atoms with Gasteiger partial charge >= 0.3 is 0 Å². The molecule has 0 saturated carbocycles. The third-order valence-electron chi connectivity index (χ3n) is 4.29. The number of carbonyl (C=O) groups is 1. The minimum Gasteiger partial charge on any atom is -0.508 e. The molecule has 19 heavy (non-hydrogen) atoms. The summed E-state index contributed by atoms with van der Waals surface area (Å²) in [5, 5.41) is 13.2. The van der Waals surface area contributed by atoms with Crippen LogP contribution in [0.5, 0.6) is 5.75 Å². The van der Waals surface area contributed by atoms with E-state index in [0.29, 0.717) is 18.4 Å². The van der Waals surface area contributed by atoms with Gasteiger partial charge in [-0.2, -0.15) is 0 Å². The van der Waals surface area contributed by atoms with Gasteiger partial charge in [-0.05, 0) is 31.4 Å². The normalized spacial score (nSPS) is 26.2. The zero-order chi connectivity index (χ0) is 13.2. The van der Waals surface area contributed by atoms with E-state index in [4.69, 9.17) is 0 Å². The van der Waals surface area contributed by atoms with Crippen LogP contribution >= 0.6 is 0 Å². The van der Waals surface area contributed by atoms with Gasteiger partial charge in [0.05, 0.1) is 6.42 Å². The maximum atomic E-state index is 12.3. The molecular weight excluding hydrogens is 240 g/mol. The highest BCUT2D eigenvalue weighted by Gasteiger charge is 2.36. The highest BCUT2D eigenvalue weighted by atomic mass is 16.3. The number of aromatic hydroxyl groups is 1. The Hall–Kier alpha value is -1.55. The van der Waals surface area contributed by atoms with Crippen molar-refractivity contribution in [3.05, 3.63) is 29.8 Å². The van der Waals surface area contributed by atoms with E-state index in [0.717, 1.165) is 25.2 Å². The second kappa shape index (κ2) is 5.21. The van der Waals surface area contributed by atoms with Crippen LogP contribution in [0, 0.1) is 5.92 Å². The predicted octanol–water partition coefficient (Wildman–Crippen LogP) is 1.15. The van der Waals surface area contributed by atoms with Gasteiger partial charge in [0.25, 0.3) is 0 Å². The van der Waals surface area contributed by atoms with Gasteiger partial charge in [0.1, 0.15) is 5.75 Å². The first-order chi connectivity index (χ1) is 9.24.